The summed E-state index contributed by atoms with van der Waals surface area (Å²) in [6, 6.07) is 7.89. The Balaban J connectivity index is 2.14. The molecule has 1 fully saturated rings. The first-order valence-electron chi connectivity index (χ1n) is 7.68. The maximum Gasteiger partial charge on any atom is 0.122 e. The van der Waals surface area contributed by atoms with Crippen molar-refractivity contribution in [2.45, 2.75) is 44.6 Å². The minimum Gasteiger partial charge on any atom is -0.496 e. The molecule has 3 N–H and O–H groups in total. The van der Waals surface area contributed by atoms with Gasteiger partial charge in [-0.05, 0) is 30.7 Å². The fourth-order valence-corrected chi connectivity index (χ4v) is 3.38. The predicted molar refractivity (Wildman–Crippen MR) is 81.9 cm³/mol. The quantitative estimate of drug-likeness (QED) is 0.870. The Morgan fingerprint density at radius 1 is 1.25 bits per heavy atom. The Morgan fingerprint density at radius 3 is 2.50 bits per heavy atom. The molecular formula is C17H27NO2. The SMILES string of the molecule is COc1ccccc1C(CN)C(O)C1CCC(C)CC1. The Hall–Kier alpha value is -1.06. The topological polar surface area (TPSA) is 55.5 Å². The fourth-order valence-electron chi connectivity index (χ4n) is 3.38. The second-order valence-corrected chi connectivity index (χ2v) is 6.09. The van der Waals surface area contributed by atoms with Gasteiger partial charge in [0.2, 0.25) is 0 Å². The van der Waals surface area contributed by atoms with Crippen LogP contribution < -0.4 is 10.5 Å². The summed E-state index contributed by atoms with van der Waals surface area (Å²) in [6.45, 7) is 2.75. The van der Waals surface area contributed by atoms with Gasteiger partial charge in [-0.1, -0.05) is 38.0 Å². The van der Waals surface area contributed by atoms with Gasteiger partial charge in [-0.2, -0.15) is 0 Å². The zero-order chi connectivity index (χ0) is 14.5. The van der Waals surface area contributed by atoms with E-state index in [0.717, 1.165) is 30.1 Å². The lowest BCUT2D eigenvalue weighted by molar-refractivity contribution is 0.0542. The number of hydrogen-bond donors (Lipinski definition) is 2. The molecular weight excluding hydrogens is 250 g/mol. The number of aliphatic hydroxyl groups is 1. The summed E-state index contributed by atoms with van der Waals surface area (Å²) in [5, 5.41) is 10.8. The number of ether oxygens (including phenoxy) is 1. The van der Waals surface area contributed by atoms with E-state index in [-0.39, 0.29) is 12.0 Å². The van der Waals surface area contributed by atoms with Crippen molar-refractivity contribution in [1.82, 2.24) is 0 Å². The average molecular weight is 277 g/mol. The first-order valence-corrected chi connectivity index (χ1v) is 7.68. The molecule has 0 radical (unpaired) electrons. The first-order chi connectivity index (χ1) is 9.67. The third-order valence-electron chi connectivity index (χ3n) is 4.75. The van der Waals surface area contributed by atoms with Gasteiger partial charge in [-0.3, -0.25) is 0 Å². The fraction of sp³-hybridized carbons (Fsp3) is 0.647. The van der Waals surface area contributed by atoms with Crippen LogP contribution >= 0.6 is 0 Å². The van der Waals surface area contributed by atoms with Crippen molar-refractivity contribution in [2.24, 2.45) is 17.6 Å². The molecule has 1 aromatic rings. The Labute approximate surface area is 122 Å². The Bertz CT molecular complexity index is 413. The second kappa shape index (κ2) is 7.09. The molecule has 0 saturated heterocycles. The highest BCUT2D eigenvalue weighted by atomic mass is 16.5. The maximum atomic E-state index is 10.8. The lowest BCUT2D eigenvalue weighted by Crippen LogP contribution is -2.34. The number of rotatable bonds is 5. The van der Waals surface area contributed by atoms with Crippen molar-refractivity contribution >= 4 is 0 Å². The van der Waals surface area contributed by atoms with Crippen LogP contribution in [0.3, 0.4) is 0 Å². The number of nitrogens with two attached hydrogens (primary N) is 1. The maximum absolute atomic E-state index is 10.8. The van der Waals surface area contributed by atoms with Crippen molar-refractivity contribution in [3.63, 3.8) is 0 Å². The largest absolute Gasteiger partial charge is 0.496 e. The van der Waals surface area contributed by atoms with Crippen molar-refractivity contribution in [1.29, 1.82) is 0 Å². The van der Waals surface area contributed by atoms with E-state index in [1.807, 2.05) is 24.3 Å². The molecule has 20 heavy (non-hydrogen) atoms. The van der Waals surface area contributed by atoms with Crippen LogP contribution in [0.1, 0.15) is 44.1 Å². The van der Waals surface area contributed by atoms with E-state index < -0.39 is 0 Å². The zero-order valence-corrected chi connectivity index (χ0v) is 12.6. The van der Waals surface area contributed by atoms with Crippen LogP contribution in [0.5, 0.6) is 5.75 Å². The molecule has 2 atom stereocenters. The number of para-hydroxylation sites is 1. The number of benzene rings is 1. The summed E-state index contributed by atoms with van der Waals surface area (Å²) in [4.78, 5) is 0. The lowest BCUT2D eigenvalue weighted by atomic mass is 9.75. The second-order valence-electron chi connectivity index (χ2n) is 6.09. The molecule has 0 amide bonds. The lowest BCUT2D eigenvalue weighted by Gasteiger charge is -2.34. The predicted octanol–water partition coefficient (Wildman–Crippen LogP) is 2.92. The van der Waals surface area contributed by atoms with Gasteiger partial charge in [0.15, 0.2) is 0 Å². The zero-order valence-electron chi connectivity index (χ0n) is 12.6. The van der Waals surface area contributed by atoms with Crippen LogP contribution in [0.15, 0.2) is 24.3 Å². The highest BCUT2D eigenvalue weighted by molar-refractivity contribution is 5.37. The van der Waals surface area contributed by atoms with Crippen molar-refractivity contribution in [3.05, 3.63) is 29.8 Å². The van der Waals surface area contributed by atoms with Crippen molar-refractivity contribution < 1.29 is 9.84 Å². The highest BCUT2D eigenvalue weighted by Gasteiger charge is 2.31. The monoisotopic (exact) mass is 277 g/mol. The molecule has 112 valence electrons. The molecule has 1 saturated carbocycles. The summed E-state index contributed by atoms with van der Waals surface area (Å²) in [5.41, 5.74) is 6.98. The van der Waals surface area contributed by atoms with Gasteiger partial charge in [0, 0.05) is 18.0 Å². The molecule has 0 spiro atoms. The molecule has 3 heteroatoms. The number of hydrogen-bond acceptors (Lipinski definition) is 3. The molecule has 1 aliphatic rings. The molecule has 0 heterocycles. The molecule has 3 nitrogen and oxygen atoms in total. The van der Waals surface area contributed by atoms with Gasteiger partial charge in [-0.15, -0.1) is 0 Å². The average Bonchev–Trinajstić information content (AvgIpc) is 2.49. The van der Waals surface area contributed by atoms with Crippen LogP contribution in [-0.4, -0.2) is 24.9 Å². The van der Waals surface area contributed by atoms with Crippen LogP contribution in [0, 0.1) is 11.8 Å². The summed E-state index contributed by atoms with van der Waals surface area (Å²) < 4.78 is 5.42. The van der Waals surface area contributed by atoms with Gasteiger partial charge >= 0.3 is 0 Å². The number of aliphatic hydroxyl groups excluding tert-OH is 1. The van der Waals surface area contributed by atoms with E-state index in [9.17, 15) is 5.11 Å². The molecule has 0 bridgehead atoms. The summed E-state index contributed by atoms with van der Waals surface area (Å²) >= 11 is 0. The van der Waals surface area contributed by atoms with Crippen molar-refractivity contribution in [3.8, 4) is 5.75 Å². The van der Waals surface area contributed by atoms with E-state index in [1.165, 1.54) is 12.8 Å². The first kappa shape index (κ1) is 15.3. The Kier molecular flexibility index (Phi) is 5.44. The summed E-state index contributed by atoms with van der Waals surface area (Å²) in [6.07, 6.45) is 4.27. The highest BCUT2D eigenvalue weighted by Crippen LogP contribution is 2.37. The third kappa shape index (κ3) is 3.33. The van der Waals surface area contributed by atoms with Gasteiger partial charge in [0.1, 0.15) is 5.75 Å². The molecule has 0 aliphatic heterocycles. The molecule has 1 aliphatic carbocycles. The van der Waals surface area contributed by atoms with Crippen LogP contribution in [0.4, 0.5) is 0 Å². The van der Waals surface area contributed by atoms with Crippen LogP contribution in [0.2, 0.25) is 0 Å². The van der Waals surface area contributed by atoms with E-state index in [0.29, 0.717) is 12.5 Å². The van der Waals surface area contributed by atoms with Crippen LogP contribution in [-0.2, 0) is 0 Å². The van der Waals surface area contributed by atoms with Gasteiger partial charge in [0.25, 0.3) is 0 Å². The minimum absolute atomic E-state index is 0.0374. The van der Waals surface area contributed by atoms with Gasteiger partial charge in [0.05, 0.1) is 13.2 Å². The molecule has 1 aromatic carbocycles. The minimum atomic E-state index is -0.371. The standard InChI is InChI=1S/C17H27NO2/c1-12-7-9-13(10-8-12)17(19)15(11-18)14-5-3-4-6-16(14)20-2/h3-6,12-13,15,17,19H,7-11,18H2,1-2H3. The van der Waals surface area contributed by atoms with E-state index >= 15 is 0 Å². The summed E-state index contributed by atoms with van der Waals surface area (Å²) in [5.74, 6) is 1.95. The molecule has 2 rings (SSSR count). The third-order valence-corrected chi connectivity index (χ3v) is 4.75. The summed E-state index contributed by atoms with van der Waals surface area (Å²) in [7, 11) is 1.67. The Morgan fingerprint density at radius 2 is 1.90 bits per heavy atom. The van der Waals surface area contributed by atoms with E-state index in [2.05, 4.69) is 6.92 Å². The smallest absolute Gasteiger partial charge is 0.122 e. The van der Waals surface area contributed by atoms with E-state index in [1.54, 1.807) is 7.11 Å². The van der Waals surface area contributed by atoms with E-state index in [4.69, 9.17) is 10.5 Å². The molecule has 2 unspecified atom stereocenters. The van der Waals surface area contributed by atoms with Crippen LogP contribution in [0.25, 0.3) is 0 Å². The number of methoxy groups -OCH3 is 1. The molecule has 0 aromatic heterocycles. The normalized spacial score (nSPS) is 26.0. The van der Waals surface area contributed by atoms with Crippen molar-refractivity contribution in [2.75, 3.05) is 13.7 Å². The van der Waals surface area contributed by atoms with Gasteiger partial charge < -0.3 is 15.6 Å². The van der Waals surface area contributed by atoms with Gasteiger partial charge in [-0.25, -0.2) is 0 Å².